The van der Waals surface area contributed by atoms with E-state index in [1.807, 2.05) is 0 Å². The van der Waals surface area contributed by atoms with Crippen molar-refractivity contribution in [3.05, 3.63) is 0 Å². The quantitative estimate of drug-likeness (QED) is 0.362. The lowest BCUT2D eigenvalue weighted by Crippen LogP contribution is -1.95. The van der Waals surface area contributed by atoms with Crippen molar-refractivity contribution in [1.29, 1.82) is 0 Å². The Kier molecular flexibility index (Phi) is 5.11. The molecule has 0 aliphatic carbocycles. The Hall–Kier alpha value is -0.380. The van der Waals surface area contributed by atoms with Gasteiger partial charge in [-0.05, 0) is 0 Å². The highest BCUT2D eigenvalue weighted by molar-refractivity contribution is 7.54. The van der Waals surface area contributed by atoms with E-state index in [-0.39, 0.29) is 6.16 Å². The zero-order chi connectivity index (χ0) is 8.74. The molecule has 6 heteroatoms. The SMILES string of the molecule is CO/N=C/CP(=O)(OC)OC. The highest BCUT2D eigenvalue weighted by Gasteiger charge is 2.18. The molecule has 0 fully saturated rings. The third-order valence-electron chi connectivity index (χ3n) is 1.04. The first-order valence-electron chi connectivity index (χ1n) is 2.94. The van der Waals surface area contributed by atoms with Crippen molar-refractivity contribution >= 4 is 13.8 Å². The summed E-state index contributed by atoms with van der Waals surface area (Å²) in [5.41, 5.74) is 0. The first kappa shape index (κ1) is 10.6. The fraction of sp³-hybridized carbons (Fsp3) is 0.800. The van der Waals surface area contributed by atoms with Crippen molar-refractivity contribution in [3.8, 4) is 0 Å². The van der Waals surface area contributed by atoms with Gasteiger partial charge >= 0.3 is 7.60 Å². The number of nitrogens with zero attached hydrogens (tertiary/aromatic N) is 1. The summed E-state index contributed by atoms with van der Waals surface area (Å²) in [6.07, 6.45) is 1.46. The third kappa shape index (κ3) is 4.14. The third-order valence-corrected chi connectivity index (χ3v) is 2.76. The molecule has 0 N–H and O–H groups in total. The fourth-order valence-corrected chi connectivity index (χ4v) is 1.15. The summed E-state index contributed by atoms with van der Waals surface area (Å²) in [4.78, 5) is 4.36. The summed E-state index contributed by atoms with van der Waals surface area (Å²) in [6, 6.07) is 0. The van der Waals surface area contributed by atoms with E-state index in [2.05, 4.69) is 19.0 Å². The van der Waals surface area contributed by atoms with Crippen LogP contribution in [0.15, 0.2) is 5.16 Å². The molecule has 0 spiro atoms. The van der Waals surface area contributed by atoms with E-state index in [0.717, 1.165) is 0 Å². The lowest BCUT2D eigenvalue weighted by atomic mass is 10.9. The van der Waals surface area contributed by atoms with Gasteiger partial charge < -0.3 is 13.9 Å². The van der Waals surface area contributed by atoms with E-state index >= 15 is 0 Å². The minimum Gasteiger partial charge on any atom is -0.399 e. The van der Waals surface area contributed by atoms with Crippen molar-refractivity contribution in [2.24, 2.45) is 5.16 Å². The molecule has 0 aromatic carbocycles. The van der Waals surface area contributed by atoms with Gasteiger partial charge in [-0.3, -0.25) is 4.57 Å². The fourth-order valence-electron chi connectivity index (χ4n) is 0.431. The zero-order valence-corrected chi connectivity index (χ0v) is 7.71. The molecule has 0 bridgehead atoms. The minimum atomic E-state index is -2.94. The van der Waals surface area contributed by atoms with Gasteiger partial charge in [-0.15, -0.1) is 0 Å². The van der Waals surface area contributed by atoms with Crippen molar-refractivity contribution in [2.45, 2.75) is 0 Å². The smallest absolute Gasteiger partial charge is 0.335 e. The van der Waals surface area contributed by atoms with Crippen LogP contribution >= 0.6 is 7.60 Å². The molecule has 0 radical (unpaired) electrons. The molecule has 0 aliphatic rings. The molecular formula is C5H12NO4P. The van der Waals surface area contributed by atoms with E-state index in [1.54, 1.807) is 0 Å². The summed E-state index contributed by atoms with van der Waals surface area (Å²) in [6.45, 7) is 0. The van der Waals surface area contributed by atoms with E-state index in [9.17, 15) is 4.57 Å². The van der Waals surface area contributed by atoms with Crippen LogP contribution in [-0.2, 0) is 18.5 Å². The van der Waals surface area contributed by atoms with E-state index in [4.69, 9.17) is 0 Å². The molecule has 0 saturated heterocycles. The van der Waals surface area contributed by atoms with Crippen molar-refractivity contribution < 1.29 is 18.5 Å². The molecule has 11 heavy (non-hydrogen) atoms. The first-order chi connectivity index (χ1) is 5.18. The van der Waals surface area contributed by atoms with Gasteiger partial charge in [0.1, 0.15) is 7.11 Å². The average molecular weight is 181 g/mol. The Bertz CT molecular complexity index is 162. The van der Waals surface area contributed by atoms with E-state index < -0.39 is 7.60 Å². The Balaban J connectivity index is 3.88. The van der Waals surface area contributed by atoms with Crippen LogP contribution in [0.25, 0.3) is 0 Å². The Morgan fingerprint density at radius 3 is 2.27 bits per heavy atom. The summed E-state index contributed by atoms with van der Waals surface area (Å²) >= 11 is 0. The number of hydrogen-bond acceptors (Lipinski definition) is 5. The maximum atomic E-state index is 11.2. The molecular weight excluding hydrogens is 169 g/mol. The molecule has 0 heterocycles. The van der Waals surface area contributed by atoms with Crippen LogP contribution in [0.2, 0.25) is 0 Å². The standard InChI is InChI=1S/C5H12NO4P/c1-8-6-4-5-11(7,9-2)10-3/h4H,5H2,1-3H3/b6-4+. The molecule has 0 aliphatic heterocycles. The molecule has 0 amide bonds. The zero-order valence-electron chi connectivity index (χ0n) is 6.81. The second-order valence-electron chi connectivity index (χ2n) is 1.63. The van der Waals surface area contributed by atoms with Crippen LogP contribution in [0.5, 0.6) is 0 Å². The molecule has 0 saturated carbocycles. The molecule has 0 rings (SSSR count). The predicted octanol–water partition coefficient (Wildman–Crippen LogP) is 1.10. The molecule has 66 valence electrons. The van der Waals surface area contributed by atoms with Crippen molar-refractivity contribution in [1.82, 2.24) is 0 Å². The summed E-state index contributed by atoms with van der Waals surface area (Å²) in [5, 5.41) is 3.40. The maximum Gasteiger partial charge on any atom is 0.335 e. The number of rotatable bonds is 5. The molecule has 0 aromatic rings. The van der Waals surface area contributed by atoms with Crippen LogP contribution in [0.3, 0.4) is 0 Å². The molecule has 0 unspecified atom stereocenters. The highest BCUT2D eigenvalue weighted by Crippen LogP contribution is 2.44. The van der Waals surface area contributed by atoms with Gasteiger partial charge in [-0.1, -0.05) is 5.16 Å². The molecule has 5 nitrogen and oxygen atoms in total. The normalized spacial score (nSPS) is 12.3. The highest BCUT2D eigenvalue weighted by atomic mass is 31.2. The van der Waals surface area contributed by atoms with Gasteiger partial charge in [0.15, 0.2) is 0 Å². The second-order valence-corrected chi connectivity index (χ2v) is 3.95. The number of oxime groups is 1. The largest absolute Gasteiger partial charge is 0.399 e. The van der Waals surface area contributed by atoms with Gasteiger partial charge in [-0.25, -0.2) is 0 Å². The van der Waals surface area contributed by atoms with E-state index in [0.29, 0.717) is 0 Å². The van der Waals surface area contributed by atoms with Crippen LogP contribution in [0.1, 0.15) is 0 Å². The van der Waals surface area contributed by atoms with Crippen molar-refractivity contribution in [2.75, 3.05) is 27.5 Å². The van der Waals surface area contributed by atoms with Crippen LogP contribution in [-0.4, -0.2) is 33.7 Å². The molecule has 0 atom stereocenters. The van der Waals surface area contributed by atoms with Crippen molar-refractivity contribution in [3.63, 3.8) is 0 Å². The van der Waals surface area contributed by atoms with Gasteiger partial charge in [0.2, 0.25) is 0 Å². The Morgan fingerprint density at radius 2 is 1.91 bits per heavy atom. The summed E-state index contributed by atoms with van der Waals surface area (Å²) < 4.78 is 20.5. The van der Waals surface area contributed by atoms with Crippen LogP contribution in [0.4, 0.5) is 0 Å². The second kappa shape index (κ2) is 5.29. The van der Waals surface area contributed by atoms with E-state index in [1.165, 1.54) is 27.5 Å². The minimum absolute atomic E-state index is 0.119. The van der Waals surface area contributed by atoms with Gasteiger partial charge in [0.25, 0.3) is 0 Å². The lowest BCUT2D eigenvalue weighted by molar-refractivity contribution is 0.214. The maximum absolute atomic E-state index is 11.2. The first-order valence-corrected chi connectivity index (χ1v) is 4.67. The van der Waals surface area contributed by atoms with Gasteiger partial charge in [0.05, 0.1) is 12.4 Å². The van der Waals surface area contributed by atoms with Gasteiger partial charge in [-0.2, -0.15) is 0 Å². The Morgan fingerprint density at radius 1 is 1.36 bits per heavy atom. The topological polar surface area (TPSA) is 57.1 Å². The summed E-state index contributed by atoms with van der Waals surface area (Å²) in [5.74, 6) is 0. The predicted molar refractivity (Wildman–Crippen MR) is 42.0 cm³/mol. The molecule has 0 aromatic heterocycles. The average Bonchev–Trinajstić information content (AvgIpc) is 2.05. The summed E-state index contributed by atoms with van der Waals surface area (Å²) in [7, 11) is 1.11. The Labute approximate surface area is 65.9 Å². The lowest BCUT2D eigenvalue weighted by Gasteiger charge is -2.09. The number of hydrogen-bond donors (Lipinski definition) is 0. The van der Waals surface area contributed by atoms with Gasteiger partial charge in [0, 0.05) is 14.2 Å². The van der Waals surface area contributed by atoms with Crippen LogP contribution < -0.4 is 0 Å². The van der Waals surface area contributed by atoms with Crippen LogP contribution in [0, 0.1) is 0 Å². The monoisotopic (exact) mass is 181 g/mol.